The van der Waals surface area contributed by atoms with Crippen molar-refractivity contribution >= 4 is 18.0 Å². The predicted molar refractivity (Wildman–Crippen MR) is 95.8 cm³/mol. The first-order valence-electron chi connectivity index (χ1n) is 7.83. The second kappa shape index (κ2) is 17.1. The zero-order chi connectivity index (χ0) is 15.1. The molecule has 0 N–H and O–H groups in total. The van der Waals surface area contributed by atoms with Crippen molar-refractivity contribution in [2.45, 2.75) is 56.8 Å². The molecule has 2 nitrogen and oxygen atoms in total. The van der Waals surface area contributed by atoms with Crippen molar-refractivity contribution in [1.29, 1.82) is 0 Å². The molecule has 1 aliphatic carbocycles. The van der Waals surface area contributed by atoms with E-state index in [2.05, 4.69) is 6.92 Å². The van der Waals surface area contributed by atoms with Crippen LogP contribution in [-0.4, -0.2) is 5.97 Å². The first-order valence-corrected chi connectivity index (χ1v) is 8.57. The highest BCUT2D eigenvalue weighted by Crippen LogP contribution is 2.34. The summed E-state index contributed by atoms with van der Waals surface area (Å²) in [5.41, 5.74) is 0. The van der Waals surface area contributed by atoms with Gasteiger partial charge in [-0.15, -0.1) is 0 Å². The molecule has 9 heteroatoms. The van der Waals surface area contributed by atoms with E-state index in [-0.39, 0.29) is 41.2 Å². The van der Waals surface area contributed by atoms with Crippen LogP contribution in [-0.2, 0) is 8.98 Å². The van der Waals surface area contributed by atoms with Gasteiger partial charge in [0.1, 0.15) is 5.82 Å². The quantitative estimate of drug-likeness (QED) is 0.417. The molecule has 0 unspecified atom stereocenters. The first kappa shape index (κ1) is 32.3. The van der Waals surface area contributed by atoms with E-state index in [0.717, 1.165) is 43.6 Å². The molecule has 0 heterocycles. The Morgan fingerprint density at radius 2 is 1.65 bits per heavy atom. The SMILES string of the molecule is CCCCC1CCC(C(=O)OSc2ccccc2F)CC1.F.F.F.F.F. The Labute approximate surface area is 154 Å². The Balaban J connectivity index is -0.000000484. The molecule has 1 fully saturated rings. The monoisotopic (exact) mass is 410 g/mol. The Hall–Kier alpha value is -1.38. The number of hydrogen-bond acceptors (Lipinski definition) is 3. The van der Waals surface area contributed by atoms with Crippen molar-refractivity contribution in [2.75, 3.05) is 0 Å². The molecular formula is C17H28F6O2S. The fraction of sp³-hybridized carbons (Fsp3) is 0.588. The van der Waals surface area contributed by atoms with Gasteiger partial charge in [0.25, 0.3) is 0 Å². The molecule has 0 bridgehead atoms. The van der Waals surface area contributed by atoms with Crippen LogP contribution in [0.2, 0.25) is 0 Å². The lowest BCUT2D eigenvalue weighted by atomic mass is 9.80. The zero-order valence-electron chi connectivity index (χ0n) is 14.6. The number of carbonyl (C=O) groups is 1. The molecule has 0 spiro atoms. The van der Waals surface area contributed by atoms with Gasteiger partial charge < -0.3 is 4.18 Å². The van der Waals surface area contributed by atoms with Gasteiger partial charge in [0, 0.05) is 0 Å². The smallest absolute Gasteiger partial charge is 0.321 e. The van der Waals surface area contributed by atoms with Gasteiger partial charge in [0.05, 0.1) is 22.9 Å². The van der Waals surface area contributed by atoms with Gasteiger partial charge in [0.2, 0.25) is 0 Å². The van der Waals surface area contributed by atoms with E-state index in [1.165, 1.54) is 25.3 Å². The normalized spacial score (nSPS) is 17.8. The minimum atomic E-state index is -0.349. The summed E-state index contributed by atoms with van der Waals surface area (Å²) in [7, 11) is 0. The largest absolute Gasteiger partial charge is 0.386 e. The standard InChI is InChI=1S/C17H23FO2S.5FH/c1-2-3-6-13-9-11-14(12-10-13)17(19)20-21-16-8-5-4-7-15(16)18;;;;;/h4-5,7-8,13-14H,2-3,6,9-12H2,1H3;5*1H. The van der Waals surface area contributed by atoms with Gasteiger partial charge in [0.15, 0.2) is 0 Å². The van der Waals surface area contributed by atoms with Gasteiger partial charge in [-0.1, -0.05) is 38.3 Å². The van der Waals surface area contributed by atoms with Crippen molar-refractivity contribution < 1.29 is 36.9 Å². The molecule has 1 aromatic rings. The summed E-state index contributed by atoms with van der Waals surface area (Å²) in [4.78, 5) is 12.4. The van der Waals surface area contributed by atoms with E-state index in [1.807, 2.05) is 0 Å². The summed E-state index contributed by atoms with van der Waals surface area (Å²) in [6.45, 7) is 2.21. The molecule has 1 aromatic carbocycles. The molecule has 0 radical (unpaired) electrons. The van der Waals surface area contributed by atoms with Crippen LogP contribution in [0.15, 0.2) is 29.2 Å². The third-order valence-corrected chi connectivity index (χ3v) is 4.95. The average molecular weight is 410 g/mol. The fourth-order valence-corrected chi connectivity index (χ4v) is 3.44. The molecular weight excluding hydrogens is 382 g/mol. The van der Waals surface area contributed by atoms with E-state index < -0.39 is 0 Å². The van der Waals surface area contributed by atoms with Gasteiger partial charge >= 0.3 is 5.97 Å². The predicted octanol–water partition coefficient (Wildman–Crippen LogP) is 6.14. The van der Waals surface area contributed by atoms with Crippen LogP contribution in [0.3, 0.4) is 0 Å². The van der Waals surface area contributed by atoms with Crippen LogP contribution in [0.1, 0.15) is 51.9 Å². The van der Waals surface area contributed by atoms with Crippen LogP contribution >= 0.6 is 12.0 Å². The summed E-state index contributed by atoms with van der Waals surface area (Å²) in [6.07, 6.45) is 7.84. The highest BCUT2D eigenvalue weighted by Gasteiger charge is 2.27. The van der Waals surface area contributed by atoms with Crippen molar-refractivity contribution in [3.05, 3.63) is 30.1 Å². The lowest BCUT2D eigenvalue weighted by molar-refractivity contribution is -0.138. The Morgan fingerprint density at radius 3 is 2.19 bits per heavy atom. The number of unbranched alkanes of at least 4 members (excludes halogenated alkanes) is 1. The summed E-state index contributed by atoms with van der Waals surface area (Å²) in [5, 5.41) is 0. The average Bonchev–Trinajstić information content (AvgIpc) is 2.52. The third-order valence-electron chi connectivity index (χ3n) is 4.20. The van der Waals surface area contributed by atoms with Crippen LogP contribution in [0.4, 0.5) is 27.9 Å². The van der Waals surface area contributed by atoms with Crippen LogP contribution < -0.4 is 0 Å². The van der Waals surface area contributed by atoms with E-state index in [1.54, 1.807) is 18.2 Å². The van der Waals surface area contributed by atoms with Crippen LogP contribution in [0.25, 0.3) is 0 Å². The summed E-state index contributed by atoms with van der Waals surface area (Å²) < 4.78 is 18.6. The number of rotatable bonds is 6. The van der Waals surface area contributed by atoms with E-state index in [0.29, 0.717) is 4.90 Å². The Kier molecular flexibility index (Phi) is 21.2. The highest BCUT2D eigenvalue weighted by atomic mass is 32.2. The molecule has 0 aromatic heterocycles. The lowest BCUT2D eigenvalue weighted by Crippen LogP contribution is -2.22. The van der Waals surface area contributed by atoms with Gasteiger partial charge in [-0.2, -0.15) is 0 Å². The summed E-state index contributed by atoms with van der Waals surface area (Å²) in [5.74, 6) is 0.214. The third kappa shape index (κ3) is 9.94. The number of hydrogen-bond donors (Lipinski definition) is 0. The van der Waals surface area contributed by atoms with Gasteiger partial charge in [-0.25, -0.2) is 4.39 Å². The molecule has 2 rings (SSSR count). The van der Waals surface area contributed by atoms with Gasteiger partial charge in [-0.3, -0.25) is 28.3 Å². The van der Waals surface area contributed by atoms with Crippen LogP contribution in [0.5, 0.6) is 0 Å². The molecule has 0 saturated heterocycles. The molecule has 26 heavy (non-hydrogen) atoms. The Morgan fingerprint density at radius 1 is 1.08 bits per heavy atom. The molecule has 1 saturated carbocycles. The molecule has 156 valence electrons. The molecule has 0 atom stereocenters. The van der Waals surface area contributed by atoms with Crippen molar-refractivity contribution in [3.8, 4) is 0 Å². The van der Waals surface area contributed by atoms with Crippen molar-refractivity contribution in [2.24, 2.45) is 11.8 Å². The highest BCUT2D eigenvalue weighted by molar-refractivity contribution is 7.95. The summed E-state index contributed by atoms with van der Waals surface area (Å²) >= 11 is 0.839. The Bertz CT molecular complexity index is 470. The maximum Gasteiger partial charge on any atom is 0.321 e. The van der Waals surface area contributed by atoms with Crippen molar-refractivity contribution in [1.82, 2.24) is 0 Å². The topological polar surface area (TPSA) is 26.3 Å². The number of halogens is 6. The van der Waals surface area contributed by atoms with E-state index in [4.69, 9.17) is 4.18 Å². The second-order valence-corrected chi connectivity index (χ2v) is 6.55. The maximum atomic E-state index is 13.4. The summed E-state index contributed by atoms with van der Waals surface area (Å²) in [6, 6.07) is 6.35. The zero-order valence-corrected chi connectivity index (χ0v) is 15.4. The molecule has 0 aliphatic heterocycles. The van der Waals surface area contributed by atoms with Crippen LogP contribution in [0, 0.1) is 17.7 Å². The van der Waals surface area contributed by atoms with Gasteiger partial charge in [-0.05, 0) is 43.7 Å². The second-order valence-electron chi connectivity index (χ2n) is 5.78. The maximum absolute atomic E-state index is 13.4. The van der Waals surface area contributed by atoms with E-state index >= 15 is 0 Å². The van der Waals surface area contributed by atoms with E-state index in [9.17, 15) is 9.18 Å². The molecule has 0 amide bonds. The fourth-order valence-electron chi connectivity index (χ4n) is 2.85. The minimum Gasteiger partial charge on any atom is -0.386 e. The number of carbonyl (C=O) groups excluding carboxylic acids is 1. The number of benzene rings is 1. The lowest BCUT2D eigenvalue weighted by Gasteiger charge is -2.26. The molecule has 1 aliphatic rings. The minimum absolute atomic E-state index is 0. The van der Waals surface area contributed by atoms with Crippen molar-refractivity contribution in [3.63, 3.8) is 0 Å². The first-order chi connectivity index (χ1) is 10.2.